The molecule has 0 atom stereocenters. The molecule has 0 aliphatic carbocycles. The molecule has 6 aromatic rings. The summed E-state index contributed by atoms with van der Waals surface area (Å²) >= 11 is 1.82. The van der Waals surface area contributed by atoms with Crippen LogP contribution < -0.4 is 0 Å². The molecular weight excluding hydrogens is 328 g/mol. The van der Waals surface area contributed by atoms with Crippen molar-refractivity contribution in [2.24, 2.45) is 0 Å². The lowest BCUT2D eigenvalue weighted by molar-refractivity contribution is 0.476. The van der Waals surface area contributed by atoms with E-state index in [1.807, 2.05) is 29.8 Å². The molecule has 0 spiro atoms. The average molecular weight is 340 g/mol. The van der Waals surface area contributed by atoms with Gasteiger partial charge in [0.2, 0.25) is 0 Å². The Morgan fingerprint density at radius 3 is 2.68 bits per heavy atom. The van der Waals surface area contributed by atoms with Crippen molar-refractivity contribution in [2.45, 2.75) is 0 Å². The fraction of sp³-hybridized carbons (Fsp3) is 0. The first-order valence-corrected chi connectivity index (χ1v) is 8.94. The van der Waals surface area contributed by atoms with Crippen LogP contribution in [-0.2, 0) is 0 Å². The van der Waals surface area contributed by atoms with E-state index >= 15 is 0 Å². The molecule has 0 fully saturated rings. The van der Waals surface area contributed by atoms with Crippen molar-refractivity contribution in [3.8, 4) is 5.75 Å². The average Bonchev–Trinajstić information content (AvgIpc) is 3.26. The van der Waals surface area contributed by atoms with Gasteiger partial charge in [0.15, 0.2) is 0 Å². The van der Waals surface area contributed by atoms with E-state index in [1.54, 1.807) is 12.1 Å². The minimum Gasteiger partial charge on any atom is -0.508 e. The molecule has 1 N–H and O–H groups in total. The van der Waals surface area contributed by atoms with Crippen LogP contribution in [0.25, 0.3) is 47.5 Å². The lowest BCUT2D eigenvalue weighted by Gasteiger charge is -2.10. The summed E-state index contributed by atoms with van der Waals surface area (Å²) in [5.74, 6) is 0.263. The number of aromatic nitrogens is 2. The van der Waals surface area contributed by atoms with E-state index in [-0.39, 0.29) is 5.75 Å². The van der Waals surface area contributed by atoms with Gasteiger partial charge in [0.1, 0.15) is 11.4 Å². The molecule has 4 heteroatoms. The highest BCUT2D eigenvalue weighted by Gasteiger charge is 2.15. The Morgan fingerprint density at radius 2 is 1.72 bits per heavy atom. The van der Waals surface area contributed by atoms with Crippen LogP contribution in [0.15, 0.2) is 67.0 Å². The molecule has 0 aliphatic heterocycles. The molecule has 0 aliphatic rings. The molecule has 3 aromatic heterocycles. The minimum absolute atomic E-state index is 0.263. The maximum absolute atomic E-state index is 9.94. The molecule has 0 amide bonds. The molecule has 0 radical (unpaired) electrons. The SMILES string of the molecule is Oc1ccc2c(c1)c1nccn1c1c2ccc2sc3ccccc3c21. The summed E-state index contributed by atoms with van der Waals surface area (Å²) in [5, 5.41) is 15.8. The first kappa shape index (κ1) is 13.2. The maximum atomic E-state index is 9.94. The van der Waals surface area contributed by atoms with Crippen LogP contribution in [0.4, 0.5) is 0 Å². The van der Waals surface area contributed by atoms with Crippen molar-refractivity contribution in [2.75, 3.05) is 0 Å². The minimum atomic E-state index is 0.263. The zero-order chi connectivity index (χ0) is 16.5. The number of hydrogen-bond acceptors (Lipinski definition) is 3. The van der Waals surface area contributed by atoms with Gasteiger partial charge in [0.25, 0.3) is 0 Å². The summed E-state index contributed by atoms with van der Waals surface area (Å²) in [6.07, 6.45) is 3.83. The van der Waals surface area contributed by atoms with Crippen molar-refractivity contribution in [1.29, 1.82) is 0 Å². The molecule has 0 saturated heterocycles. The maximum Gasteiger partial charge on any atom is 0.145 e. The third kappa shape index (κ3) is 1.62. The van der Waals surface area contributed by atoms with Crippen molar-refractivity contribution in [3.05, 3.63) is 67.0 Å². The Balaban J connectivity index is 2.03. The third-order valence-corrected chi connectivity index (χ3v) is 6.07. The highest BCUT2D eigenvalue weighted by atomic mass is 32.1. The largest absolute Gasteiger partial charge is 0.508 e. The summed E-state index contributed by atoms with van der Waals surface area (Å²) in [6.45, 7) is 0. The van der Waals surface area contributed by atoms with Gasteiger partial charge in [-0.3, -0.25) is 4.40 Å². The van der Waals surface area contributed by atoms with Gasteiger partial charge < -0.3 is 5.11 Å². The fourth-order valence-corrected chi connectivity index (χ4v) is 5.01. The van der Waals surface area contributed by atoms with E-state index in [1.165, 1.54) is 31.1 Å². The quantitative estimate of drug-likeness (QED) is 0.359. The number of rotatable bonds is 0. The molecule has 25 heavy (non-hydrogen) atoms. The summed E-state index contributed by atoms with van der Waals surface area (Å²) in [5.41, 5.74) is 2.06. The van der Waals surface area contributed by atoms with E-state index in [4.69, 9.17) is 0 Å². The smallest absolute Gasteiger partial charge is 0.145 e. The summed E-state index contributed by atoms with van der Waals surface area (Å²) in [6, 6.07) is 18.5. The predicted octanol–water partition coefficient (Wildman–Crippen LogP) is 5.71. The van der Waals surface area contributed by atoms with Crippen LogP contribution >= 0.6 is 11.3 Å². The van der Waals surface area contributed by atoms with Gasteiger partial charge in [-0.25, -0.2) is 4.98 Å². The van der Waals surface area contributed by atoms with Crippen LogP contribution in [0.3, 0.4) is 0 Å². The van der Waals surface area contributed by atoms with Gasteiger partial charge in [0, 0.05) is 43.3 Å². The zero-order valence-electron chi connectivity index (χ0n) is 13.1. The van der Waals surface area contributed by atoms with Crippen LogP contribution in [0.2, 0.25) is 0 Å². The molecule has 0 unspecified atom stereocenters. The second-order valence-corrected chi connectivity index (χ2v) is 7.37. The van der Waals surface area contributed by atoms with E-state index in [9.17, 15) is 5.11 Å². The Labute approximate surface area is 146 Å². The second kappa shape index (κ2) is 4.49. The van der Waals surface area contributed by atoms with E-state index in [0.717, 1.165) is 16.4 Å². The zero-order valence-corrected chi connectivity index (χ0v) is 13.9. The molecule has 6 rings (SSSR count). The van der Waals surface area contributed by atoms with E-state index in [0.29, 0.717) is 0 Å². The van der Waals surface area contributed by atoms with Crippen molar-refractivity contribution in [3.63, 3.8) is 0 Å². The van der Waals surface area contributed by atoms with Crippen LogP contribution in [0.5, 0.6) is 5.75 Å². The third-order valence-electron chi connectivity index (χ3n) is 4.93. The number of hydrogen-bond donors (Lipinski definition) is 1. The topological polar surface area (TPSA) is 37.5 Å². The van der Waals surface area contributed by atoms with Crippen molar-refractivity contribution in [1.82, 2.24) is 9.38 Å². The van der Waals surface area contributed by atoms with E-state index in [2.05, 4.69) is 45.8 Å². The van der Waals surface area contributed by atoms with Crippen LogP contribution in [0.1, 0.15) is 0 Å². The molecule has 3 nitrogen and oxygen atoms in total. The van der Waals surface area contributed by atoms with Gasteiger partial charge in [-0.1, -0.05) is 24.3 Å². The number of pyridine rings is 1. The van der Waals surface area contributed by atoms with Crippen molar-refractivity contribution < 1.29 is 5.11 Å². The van der Waals surface area contributed by atoms with Gasteiger partial charge in [-0.05, 0) is 35.7 Å². The number of aromatic hydroxyl groups is 1. The molecule has 118 valence electrons. The first-order valence-electron chi connectivity index (χ1n) is 8.13. The van der Waals surface area contributed by atoms with Gasteiger partial charge in [0.05, 0.1) is 5.52 Å². The van der Waals surface area contributed by atoms with E-state index < -0.39 is 0 Å². The lowest BCUT2D eigenvalue weighted by atomic mass is 10.0. The molecule has 0 bridgehead atoms. The van der Waals surface area contributed by atoms with Gasteiger partial charge in [-0.2, -0.15) is 0 Å². The molecular formula is C21H12N2OS. The number of fused-ring (bicyclic) bond motifs is 10. The second-order valence-electron chi connectivity index (χ2n) is 6.28. The lowest BCUT2D eigenvalue weighted by Crippen LogP contribution is -1.91. The Kier molecular flexibility index (Phi) is 2.37. The van der Waals surface area contributed by atoms with Gasteiger partial charge >= 0.3 is 0 Å². The molecule has 3 aromatic carbocycles. The standard InChI is InChI=1S/C21H12N2OS/c24-12-5-6-13-14-7-8-18-19(15-3-1-2-4-17(15)25-18)20(14)23-10-9-22-21(23)16(13)11-12/h1-11,24H. The highest BCUT2D eigenvalue weighted by Crippen LogP contribution is 2.41. The highest BCUT2D eigenvalue weighted by molar-refractivity contribution is 7.26. The number of phenols is 1. The first-order chi connectivity index (χ1) is 12.3. The molecule has 3 heterocycles. The van der Waals surface area contributed by atoms with Gasteiger partial charge in [-0.15, -0.1) is 11.3 Å². The molecule has 0 saturated carbocycles. The summed E-state index contributed by atoms with van der Waals surface area (Å²) in [7, 11) is 0. The normalized spacial score (nSPS) is 12.2. The number of imidazole rings is 1. The Bertz CT molecular complexity index is 1460. The fourth-order valence-electron chi connectivity index (χ4n) is 3.90. The number of thiophene rings is 1. The Hall–Kier alpha value is -3.11. The monoisotopic (exact) mass is 340 g/mol. The number of benzene rings is 3. The van der Waals surface area contributed by atoms with Crippen molar-refractivity contribution >= 4 is 58.8 Å². The van der Waals surface area contributed by atoms with Crippen LogP contribution in [-0.4, -0.2) is 14.5 Å². The summed E-state index contributed by atoms with van der Waals surface area (Å²) in [4.78, 5) is 4.56. The Morgan fingerprint density at radius 1 is 0.840 bits per heavy atom. The predicted molar refractivity (Wildman–Crippen MR) is 105 cm³/mol. The number of phenolic OH excluding ortho intramolecular Hbond substituents is 1. The number of nitrogens with zero attached hydrogens (tertiary/aromatic N) is 2. The van der Waals surface area contributed by atoms with Crippen LogP contribution in [0, 0.1) is 0 Å². The summed E-state index contributed by atoms with van der Waals surface area (Å²) < 4.78 is 4.73.